The van der Waals surface area contributed by atoms with Crippen LogP contribution in [0.4, 0.5) is 0 Å². The minimum absolute atomic E-state index is 0.0352. The third-order valence-electron chi connectivity index (χ3n) is 3.36. The summed E-state index contributed by atoms with van der Waals surface area (Å²) in [5.41, 5.74) is 5.43. The highest BCUT2D eigenvalue weighted by Crippen LogP contribution is 2.17. The summed E-state index contributed by atoms with van der Waals surface area (Å²) in [5.74, 6) is 0.625. The predicted octanol–water partition coefficient (Wildman–Crippen LogP) is 1.35. The molecule has 0 radical (unpaired) electrons. The third kappa shape index (κ3) is 5.11. The second kappa shape index (κ2) is 7.06. The molecular formula is C14H23NO4S. The minimum atomic E-state index is -3.17. The van der Waals surface area contributed by atoms with Crippen LogP contribution in [0.25, 0.3) is 0 Å². The van der Waals surface area contributed by atoms with Crippen LogP contribution in [-0.2, 0) is 9.84 Å². The molecule has 0 bridgehead atoms. The molecule has 114 valence electrons. The summed E-state index contributed by atoms with van der Waals surface area (Å²) in [4.78, 5) is 0.275. The molecule has 0 saturated heterocycles. The summed E-state index contributed by atoms with van der Waals surface area (Å²) < 4.78 is 28.1. The van der Waals surface area contributed by atoms with Gasteiger partial charge in [0.25, 0.3) is 0 Å². The van der Waals surface area contributed by atoms with Crippen molar-refractivity contribution in [3.8, 4) is 5.75 Å². The van der Waals surface area contributed by atoms with Gasteiger partial charge in [0.05, 0.1) is 18.1 Å². The molecule has 0 aromatic heterocycles. The lowest BCUT2D eigenvalue weighted by molar-refractivity contribution is 0.171. The summed E-state index contributed by atoms with van der Waals surface area (Å²) in [5, 5.41) is 9.19. The Morgan fingerprint density at radius 2 is 1.90 bits per heavy atom. The van der Waals surface area contributed by atoms with Crippen molar-refractivity contribution in [2.75, 3.05) is 19.5 Å². The van der Waals surface area contributed by atoms with Crippen molar-refractivity contribution >= 4 is 9.84 Å². The highest BCUT2D eigenvalue weighted by Gasteiger charge is 2.20. The molecular weight excluding hydrogens is 278 g/mol. The van der Waals surface area contributed by atoms with Crippen LogP contribution in [0.1, 0.15) is 26.2 Å². The zero-order valence-electron chi connectivity index (χ0n) is 12.0. The Morgan fingerprint density at radius 3 is 2.35 bits per heavy atom. The van der Waals surface area contributed by atoms with E-state index in [1.807, 2.05) is 6.92 Å². The van der Waals surface area contributed by atoms with Crippen LogP contribution >= 0.6 is 0 Å². The molecule has 1 unspecified atom stereocenters. The Kier molecular flexibility index (Phi) is 5.98. The van der Waals surface area contributed by atoms with Crippen molar-refractivity contribution in [1.82, 2.24) is 0 Å². The van der Waals surface area contributed by atoms with Crippen LogP contribution in [0.5, 0.6) is 5.75 Å². The highest BCUT2D eigenvalue weighted by atomic mass is 32.2. The molecule has 0 fully saturated rings. The van der Waals surface area contributed by atoms with Crippen molar-refractivity contribution in [3.63, 3.8) is 0 Å². The molecule has 0 amide bonds. The number of aliphatic hydroxyl groups is 1. The zero-order chi connectivity index (χ0) is 15.2. The van der Waals surface area contributed by atoms with Crippen molar-refractivity contribution < 1.29 is 18.3 Å². The van der Waals surface area contributed by atoms with Gasteiger partial charge >= 0.3 is 0 Å². The lowest BCUT2D eigenvalue weighted by Crippen LogP contribution is -2.43. The molecule has 1 aromatic rings. The molecule has 0 saturated carbocycles. The van der Waals surface area contributed by atoms with Gasteiger partial charge in [0.2, 0.25) is 0 Å². The van der Waals surface area contributed by atoms with E-state index in [0.717, 1.165) is 6.42 Å². The fourth-order valence-electron chi connectivity index (χ4n) is 1.76. The molecule has 0 aliphatic carbocycles. The fraction of sp³-hybridized carbons (Fsp3) is 0.571. The second-order valence-corrected chi connectivity index (χ2v) is 7.09. The first-order valence-corrected chi connectivity index (χ1v) is 8.52. The van der Waals surface area contributed by atoms with E-state index in [2.05, 4.69) is 0 Å². The van der Waals surface area contributed by atoms with E-state index in [-0.39, 0.29) is 11.5 Å². The molecule has 20 heavy (non-hydrogen) atoms. The van der Waals surface area contributed by atoms with Gasteiger partial charge in [-0.05, 0) is 43.5 Å². The number of benzene rings is 1. The van der Waals surface area contributed by atoms with Gasteiger partial charge in [0.15, 0.2) is 9.84 Å². The molecule has 0 heterocycles. The highest BCUT2D eigenvalue weighted by molar-refractivity contribution is 7.90. The van der Waals surface area contributed by atoms with Gasteiger partial charge < -0.3 is 15.6 Å². The Bertz CT molecular complexity index is 506. The Balaban J connectivity index is 2.44. The maximum atomic E-state index is 11.3. The second-order valence-electron chi connectivity index (χ2n) is 5.07. The SMILES string of the molecule is CCC(N)(CO)CCCOc1ccc(S(C)(=O)=O)cc1. The van der Waals surface area contributed by atoms with E-state index >= 15 is 0 Å². The van der Waals surface area contributed by atoms with Gasteiger partial charge in [0, 0.05) is 11.8 Å². The molecule has 5 nitrogen and oxygen atoms in total. The van der Waals surface area contributed by atoms with Crippen LogP contribution in [-0.4, -0.2) is 38.5 Å². The first kappa shape index (κ1) is 16.9. The zero-order valence-corrected chi connectivity index (χ0v) is 12.8. The lowest BCUT2D eigenvalue weighted by atomic mass is 9.93. The number of rotatable bonds is 8. The van der Waals surface area contributed by atoms with Gasteiger partial charge in [-0.3, -0.25) is 0 Å². The largest absolute Gasteiger partial charge is 0.494 e. The molecule has 1 aromatic carbocycles. The number of nitrogens with two attached hydrogens (primary N) is 1. The molecule has 0 spiro atoms. The number of ether oxygens (including phenoxy) is 1. The quantitative estimate of drug-likeness (QED) is 0.707. The molecule has 1 atom stereocenters. The summed E-state index contributed by atoms with van der Waals surface area (Å²) in [7, 11) is -3.17. The van der Waals surface area contributed by atoms with Gasteiger partial charge in [-0.25, -0.2) is 8.42 Å². The number of hydrogen-bond acceptors (Lipinski definition) is 5. The van der Waals surface area contributed by atoms with Crippen LogP contribution in [0.15, 0.2) is 29.2 Å². The van der Waals surface area contributed by atoms with Gasteiger partial charge in [-0.2, -0.15) is 0 Å². The summed E-state index contributed by atoms with van der Waals surface area (Å²) in [6.07, 6.45) is 3.30. The van der Waals surface area contributed by atoms with Crippen molar-refractivity contribution in [1.29, 1.82) is 0 Å². The Morgan fingerprint density at radius 1 is 1.30 bits per heavy atom. The first-order chi connectivity index (χ1) is 9.30. The van der Waals surface area contributed by atoms with Crippen LogP contribution in [0.3, 0.4) is 0 Å². The van der Waals surface area contributed by atoms with Crippen LogP contribution < -0.4 is 10.5 Å². The van der Waals surface area contributed by atoms with E-state index < -0.39 is 15.4 Å². The maximum absolute atomic E-state index is 11.3. The standard InChI is InChI=1S/C14H23NO4S/c1-3-14(15,11-16)9-4-10-19-12-5-7-13(8-6-12)20(2,17)18/h5-8,16H,3-4,9-11,15H2,1-2H3. The van der Waals surface area contributed by atoms with Crippen LogP contribution in [0, 0.1) is 0 Å². The average molecular weight is 301 g/mol. The summed E-state index contributed by atoms with van der Waals surface area (Å²) in [6.45, 7) is 2.39. The average Bonchev–Trinajstić information content (AvgIpc) is 2.43. The lowest BCUT2D eigenvalue weighted by Gasteiger charge is -2.25. The van der Waals surface area contributed by atoms with Crippen molar-refractivity contribution in [2.24, 2.45) is 5.73 Å². The van der Waals surface area contributed by atoms with E-state index in [0.29, 0.717) is 25.2 Å². The third-order valence-corrected chi connectivity index (χ3v) is 4.49. The Hall–Kier alpha value is -1.11. The van der Waals surface area contributed by atoms with Gasteiger partial charge in [-0.15, -0.1) is 0 Å². The van der Waals surface area contributed by atoms with Crippen LogP contribution in [0.2, 0.25) is 0 Å². The topological polar surface area (TPSA) is 89.6 Å². The smallest absolute Gasteiger partial charge is 0.175 e. The first-order valence-electron chi connectivity index (χ1n) is 6.63. The number of sulfone groups is 1. The number of hydrogen-bond donors (Lipinski definition) is 2. The minimum Gasteiger partial charge on any atom is -0.494 e. The molecule has 1 rings (SSSR count). The maximum Gasteiger partial charge on any atom is 0.175 e. The van der Waals surface area contributed by atoms with E-state index in [9.17, 15) is 13.5 Å². The fourth-order valence-corrected chi connectivity index (χ4v) is 2.40. The van der Waals surface area contributed by atoms with E-state index in [1.165, 1.54) is 18.4 Å². The van der Waals surface area contributed by atoms with Crippen molar-refractivity contribution in [2.45, 2.75) is 36.6 Å². The van der Waals surface area contributed by atoms with Gasteiger partial charge in [-0.1, -0.05) is 6.92 Å². The van der Waals surface area contributed by atoms with Gasteiger partial charge in [0.1, 0.15) is 5.75 Å². The molecule has 6 heteroatoms. The molecule has 0 aliphatic rings. The molecule has 3 N–H and O–H groups in total. The summed E-state index contributed by atoms with van der Waals surface area (Å²) >= 11 is 0. The number of aliphatic hydroxyl groups excluding tert-OH is 1. The Labute approximate surface area is 120 Å². The molecule has 0 aliphatic heterocycles. The van der Waals surface area contributed by atoms with E-state index in [1.54, 1.807) is 12.1 Å². The normalized spacial score (nSPS) is 14.8. The van der Waals surface area contributed by atoms with Crippen molar-refractivity contribution in [3.05, 3.63) is 24.3 Å². The summed E-state index contributed by atoms with van der Waals surface area (Å²) in [6, 6.07) is 6.32. The monoisotopic (exact) mass is 301 g/mol. The van der Waals surface area contributed by atoms with E-state index in [4.69, 9.17) is 10.5 Å². The predicted molar refractivity (Wildman–Crippen MR) is 78.6 cm³/mol.